The number of cyclic esters (lactones) is 1. The molecule has 3 aliphatic rings. The fraction of sp³-hybridized carbons (Fsp3) is 0.682. The second kappa shape index (κ2) is 7.05. The van der Waals surface area contributed by atoms with Crippen molar-refractivity contribution in [3.05, 3.63) is 23.8 Å². The molecule has 0 aromatic heterocycles. The molecule has 1 saturated heterocycles. The Morgan fingerprint density at radius 1 is 1.25 bits per heavy atom. The second-order valence-corrected chi connectivity index (χ2v) is 8.78. The van der Waals surface area contributed by atoms with Gasteiger partial charge in [0.05, 0.1) is 0 Å². The molecule has 2 aliphatic carbocycles. The average molecular weight is 390 g/mol. The van der Waals surface area contributed by atoms with Gasteiger partial charge in [-0.2, -0.15) is 0 Å². The van der Waals surface area contributed by atoms with Gasteiger partial charge in [-0.3, -0.25) is 9.59 Å². The van der Waals surface area contributed by atoms with Crippen LogP contribution in [0.3, 0.4) is 0 Å². The van der Waals surface area contributed by atoms with E-state index < -0.39 is 23.6 Å². The van der Waals surface area contributed by atoms with E-state index >= 15 is 0 Å². The molecular formula is C22H30O6. The van der Waals surface area contributed by atoms with E-state index in [0.717, 1.165) is 6.42 Å². The van der Waals surface area contributed by atoms with Gasteiger partial charge in [0.2, 0.25) is 0 Å². The van der Waals surface area contributed by atoms with Crippen LogP contribution in [-0.2, 0) is 28.6 Å². The first-order chi connectivity index (χ1) is 13.1. The number of esters is 3. The lowest BCUT2D eigenvalue weighted by Gasteiger charge is -2.46. The van der Waals surface area contributed by atoms with E-state index in [-0.39, 0.29) is 35.8 Å². The Hall–Kier alpha value is -2.11. The molecule has 0 bridgehead atoms. The zero-order chi connectivity index (χ0) is 20.9. The summed E-state index contributed by atoms with van der Waals surface area (Å²) in [6, 6.07) is 0. The first-order valence-corrected chi connectivity index (χ1v) is 9.94. The summed E-state index contributed by atoms with van der Waals surface area (Å²) in [5, 5.41) is 0. The molecule has 3 rings (SSSR count). The maximum atomic E-state index is 12.9. The van der Waals surface area contributed by atoms with Crippen LogP contribution in [0.4, 0.5) is 0 Å². The highest BCUT2D eigenvalue weighted by atomic mass is 16.6. The van der Waals surface area contributed by atoms with Gasteiger partial charge in [-0.1, -0.05) is 26.5 Å². The number of hydrogen-bond donors (Lipinski definition) is 0. The summed E-state index contributed by atoms with van der Waals surface area (Å²) in [4.78, 5) is 37.3. The quantitative estimate of drug-likeness (QED) is 0.318. The standard InChI is InChI=1S/C22H30O6/c1-7-12(2)19(24)28-16-9-8-13(3)21(6)11-22(14(4)10-26-20(22)25)18(17(16)21)27-15(5)23/h7,13,16-18H,4,8-11H2,1-3,5-6H3/b12-7-/t13-,16?,17+,18+,21+,22+/m0/s1. The number of hydrogen-bond acceptors (Lipinski definition) is 6. The maximum absolute atomic E-state index is 12.9. The molecule has 28 heavy (non-hydrogen) atoms. The van der Waals surface area contributed by atoms with Crippen molar-refractivity contribution < 1.29 is 28.6 Å². The molecule has 154 valence electrons. The number of fused-ring (bicyclic) bond motifs is 1. The van der Waals surface area contributed by atoms with Crippen molar-refractivity contribution in [2.24, 2.45) is 22.7 Å². The normalized spacial score (nSPS) is 40.2. The van der Waals surface area contributed by atoms with Gasteiger partial charge < -0.3 is 14.2 Å². The maximum Gasteiger partial charge on any atom is 0.333 e. The monoisotopic (exact) mass is 390 g/mol. The fourth-order valence-electron chi connectivity index (χ4n) is 5.42. The molecule has 3 fully saturated rings. The van der Waals surface area contributed by atoms with E-state index in [1.807, 2.05) is 0 Å². The Kier molecular flexibility index (Phi) is 5.19. The SMILES string of the molecule is C=C1COC(=O)[C@]12C[C@@]1(C)[C@H](C(OC(=O)/C(C)=C\C)CC[C@@H]1C)[C@H]2OC(C)=O. The van der Waals surface area contributed by atoms with Crippen LogP contribution in [0, 0.1) is 22.7 Å². The van der Waals surface area contributed by atoms with Gasteiger partial charge in [0.25, 0.3) is 0 Å². The number of allylic oxidation sites excluding steroid dienone is 1. The van der Waals surface area contributed by atoms with Crippen LogP contribution in [0.5, 0.6) is 0 Å². The first kappa shape index (κ1) is 20.6. The Morgan fingerprint density at radius 3 is 2.46 bits per heavy atom. The van der Waals surface area contributed by atoms with Gasteiger partial charge in [0, 0.05) is 18.4 Å². The van der Waals surface area contributed by atoms with Crippen LogP contribution in [0.1, 0.15) is 53.9 Å². The van der Waals surface area contributed by atoms with Crippen LogP contribution < -0.4 is 0 Å². The lowest BCUT2D eigenvalue weighted by molar-refractivity contribution is -0.173. The van der Waals surface area contributed by atoms with Gasteiger partial charge in [-0.05, 0) is 50.0 Å². The molecule has 0 radical (unpaired) electrons. The van der Waals surface area contributed by atoms with Crippen molar-refractivity contribution in [3.8, 4) is 0 Å². The van der Waals surface area contributed by atoms with Crippen molar-refractivity contribution in [2.75, 3.05) is 6.61 Å². The summed E-state index contributed by atoms with van der Waals surface area (Å²) in [6.07, 6.45) is 2.54. The van der Waals surface area contributed by atoms with E-state index in [2.05, 4.69) is 20.4 Å². The van der Waals surface area contributed by atoms with E-state index in [1.165, 1.54) is 6.92 Å². The van der Waals surface area contributed by atoms with Crippen LogP contribution in [-0.4, -0.2) is 36.7 Å². The number of carbonyl (C=O) groups is 3. The molecule has 0 N–H and O–H groups in total. The van der Waals surface area contributed by atoms with Crippen molar-refractivity contribution in [1.82, 2.24) is 0 Å². The molecule has 6 atom stereocenters. The third kappa shape index (κ3) is 2.88. The molecule has 0 aromatic carbocycles. The van der Waals surface area contributed by atoms with Crippen molar-refractivity contribution in [2.45, 2.75) is 66.1 Å². The lowest BCUT2D eigenvalue weighted by Crippen LogP contribution is -2.50. The van der Waals surface area contributed by atoms with Gasteiger partial charge in [-0.25, -0.2) is 4.79 Å². The van der Waals surface area contributed by atoms with Crippen LogP contribution in [0.25, 0.3) is 0 Å². The number of carbonyl (C=O) groups excluding carboxylic acids is 3. The minimum absolute atomic E-state index is 0.135. The first-order valence-electron chi connectivity index (χ1n) is 9.94. The highest BCUT2D eigenvalue weighted by Crippen LogP contribution is 2.66. The summed E-state index contributed by atoms with van der Waals surface area (Å²) >= 11 is 0. The average Bonchev–Trinajstić information content (AvgIpc) is 3.07. The molecule has 6 nitrogen and oxygen atoms in total. The van der Waals surface area contributed by atoms with E-state index in [9.17, 15) is 14.4 Å². The third-order valence-electron chi connectivity index (χ3n) is 7.32. The summed E-state index contributed by atoms with van der Waals surface area (Å²) < 4.78 is 17.0. The summed E-state index contributed by atoms with van der Waals surface area (Å²) in [7, 11) is 0. The zero-order valence-electron chi connectivity index (χ0n) is 17.4. The summed E-state index contributed by atoms with van der Waals surface area (Å²) in [5.41, 5.74) is -0.244. The zero-order valence-corrected chi connectivity index (χ0v) is 17.4. The number of ether oxygens (including phenoxy) is 3. The molecule has 1 unspecified atom stereocenters. The van der Waals surface area contributed by atoms with Gasteiger partial charge in [0.1, 0.15) is 24.2 Å². The van der Waals surface area contributed by atoms with Gasteiger partial charge in [0.15, 0.2) is 0 Å². The highest BCUT2D eigenvalue weighted by molar-refractivity contribution is 5.88. The Morgan fingerprint density at radius 2 is 1.93 bits per heavy atom. The van der Waals surface area contributed by atoms with Crippen LogP contribution in [0.15, 0.2) is 23.8 Å². The molecule has 1 aliphatic heterocycles. The lowest BCUT2D eigenvalue weighted by atomic mass is 9.61. The molecule has 2 saturated carbocycles. The van der Waals surface area contributed by atoms with Crippen molar-refractivity contribution in [3.63, 3.8) is 0 Å². The molecule has 0 aromatic rings. The minimum atomic E-state index is -1.07. The Labute approximate surface area is 166 Å². The van der Waals surface area contributed by atoms with E-state index in [1.54, 1.807) is 19.9 Å². The molecule has 6 heteroatoms. The summed E-state index contributed by atoms with van der Waals surface area (Å²) in [5.74, 6) is -1.25. The van der Waals surface area contributed by atoms with Gasteiger partial charge >= 0.3 is 17.9 Å². The molecular weight excluding hydrogens is 360 g/mol. The van der Waals surface area contributed by atoms with Crippen LogP contribution >= 0.6 is 0 Å². The largest absolute Gasteiger partial charge is 0.461 e. The topological polar surface area (TPSA) is 78.9 Å². The predicted molar refractivity (Wildman–Crippen MR) is 102 cm³/mol. The number of rotatable bonds is 3. The van der Waals surface area contributed by atoms with E-state index in [4.69, 9.17) is 14.2 Å². The minimum Gasteiger partial charge on any atom is -0.461 e. The highest BCUT2D eigenvalue weighted by Gasteiger charge is 2.71. The second-order valence-electron chi connectivity index (χ2n) is 8.78. The van der Waals surface area contributed by atoms with Crippen LogP contribution in [0.2, 0.25) is 0 Å². The fourth-order valence-corrected chi connectivity index (χ4v) is 5.42. The van der Waals surface area contributed by atoms with Crippen molar-refractivity contribution >= 4 is 17.9 Å². The van der Waals surface area contributed by atoms with Gasteiger partial charge in [-0.15, -0.1) is 0 Å². The third-order valence-corrected chi connectivity index (χ3v) is 7.32. The molecule has 0 amide bonds. The Balaban J connectivity index is 2.07. The molecule has 1 heterocycles. The molecule has 1 spiro atoms. The predicted octanol–water partition coefficient (Wildman–Crippen LogP) is 3.35. The Bertz CT molecular complexity index is 734. The van der Waals surface area contributed by atoms with Crippen molar-refractivity contribution in [1.29, 1.82) is 0 Å². The van der Waals surface area contributed by atoms with E-state index in [0.29, 0.717) is 24.0 Å². The smallest absolute Gasteiger partial charge is 0.333 e. The summed E-state index contributed by atoms with van der Waals surface area (Å²) in [6.45, 7) is 13.3.